The monoisotopic (exact) mass is 383 g/mol. The molecule has 2 aromatic carbocycles. The molecule has 0 aliphatic heterocycles. The molecule has 0 bridgehead atoms. The summed E-state index contributed by atoms with van der Waals surface area (Å²) in [5, 5.41) is 0.570. The predicted molar refractivity (Wildman–Crippen MR) is 93.8 cm³/mol. The fourth-order valence-corrected chi connectivity index (χ4v) is 2.92. The highest BCUT2D eigenvalue weighted by atomic mass is 79.9. The van der Waals surface area contributed by atoms with E-state index >= 15 is 0 Å². The lowest BCUT2D eigenvalue weighted by atomic mass is 10.0. The Balaban J connectivity index is 2.16. The molecule has 2 rings (SSSR count). The van der Waals surface area contributed by atoms with Gasteiger partial charge < -0.3 is 15.2 Å². The van der Waals surface area contributed by atoms with E-state index in [1.54, 1.807) is 13.2 Å². The molecule has 2 aromatic rings. The van der Waals surface area contributed by atoms with Crippen LogP contribution in [0.1, 0.15) is 18.1 Å². The second-order valence-corrected chi connectivity index (χ2v) is 6.51. The van der Waals surface area contributed by atoms with Crippen molar-refractivity contribution in [3.8, 4) is 11.5 Å². The molecule has 3 nitrogen and oxygen atoms in total. The topological polar surface area (TPSA) is 44.5 Å². The Morgan fingerprint density at radius 2 is 1.91 bits per heavy atom. The van der Waals surface area contributed by atoms with Gasteiger partial charge in [0.05, 0.1) is 12.1 Å². The standard InChI is InChI=1S/C17H19BrClNO2/c1-11(20)7-12-3-5-16(21-2)13(8-12)10-22-17-6-4-14(18)9-15(17)19/h3-6,8-9,11H,7,10,20H2,1-2H3. The molecule has 22 heavy (non-hydrogen) atoms. The van der Waals surface area contributed by atoms with Crippen molar-refractivity contribution in [2.24, 2.45) is 5.73 Å². The van der Waals surface area contributed by atoms with Gasteiger partial charge in [0.25, 0.3) is 0 Å². The molecular weight excluding hydrogens is 366 g/mol. The molecule has 0 heterocycles. The van der Waals surface area contributed by atoms with Gasteiger partial charge in [-0.3, -0.25) is 0 Å². The molecule has 118 valence electrons. The molecule has 0 aromatic heterocycles. The minimum Gasteiger partial charge on any atom is -0.496 e. The SMILES string of the molecule is COc1ccc(CC(C)N)cc1COc1ccc(Br)cc1Cl. The van der Waals surface area contributed by atoms with Crippen LogP contribution in [-0.4, -0.2) is 13.2 Å². The molecule has 1 atom stereocenters. The van der Waals surface area contributed by atoms with Crippen molar-refractivity contribution in [2.75, 3.05) is 7.11 Å². The van der Waals surface area contributed by atoms with Crippen LogP contribution in [0, 0.1) is 0 Å². The van der Waals surface area contributed by atoms with Crippen LogP contribution in [0.4, 0.5) is 0 Å². The molecule has 0 aliphatic carbocycles. The van der Waals surface area contributed by atoms with Crippen LogP contribution < -0.4 is 15.2 Å². The lowest BCUT2D eigenvalue weighted by molar-refractivity contribution is 0.296. The quantitative estimate of drug-likeness (QED) is 0.793. The first-order valence-corrected chi connectivity index (χ1v) is 8.16. The van der Waals surface area contributed by atoms with E-state index < -0.39 is 0 Å². The summed E-state index contributed by atoms with van der Waals surface area (Å²) in [5.41, 5.74) is 7.99. The highest BCUT2D eigenvalue weighted by Gasteiger charge is 2.09. The summed E-state index contributed by atoms with van der Waals surface area (Å²) in [7, 11) is 1.65. The second kappa shape index (κ2) is 7.86. The maximum atomic E-state index is 6.17. The number of hydrogen-bond acceptors (Lipinski definition) is 3. The number of hydrogen-bond donors (Lipinski definition) is 1. The van der Waals surface area contributed by atoms with Crippen molar-refractivity contribution >= 4 is 27.5 Å². The summed E-state index contributed by atoms with van der Waals surface area (Å²) in [4.78, 5) is 0. The largest absolute Gasteiger partial charge is 0.496 e. The first-order chi connectivity index (χ1) is 10.5. The van der Waals surface area contributed by atoms with E-state index in [1.165, 1.54) is 0 Å². The average Bonchev–Trinajstić information content (AvgIpc) is 2.46. The van der Waals surface area contributed by atoms with Crippen LogP contribution in [0.5, 0.6) is 11.5 Å². The van der Waals surface area contributed by atoms with Crippen molar-refractivity contribution in [3.05, 3.63) is 57.0 Å². The number of rotatable bonds is 6. The Bertz CT molecular complexity index is 647. The van der Waals surface area contributed by atoms with Crippen LogP contribution in [-0.2, 0) is 13.0 Å². The van der Waals surface area contributed by atoms with E-state index in [0.29, 0.717) is 17.4 Å². The zero-order chi connectivity index (χ0) is 16.1. The first kappa shape index (κ1) is 17.1. The molecule has 0 spiro atoms. The molecular formula is C17H19BrClNO2. The minimum atomic E-state index is 0.114. The van der Waals surface area contributed by atoms with E-state index in [1.807, 2.05) is 31.2 Å². The van der Waals surface area contributed by atoms with Gasteiger partial charge in [-0.05, 0) is 49.2 Å². The summed E-state index contributed by atoms with van der Waals surface area (Å²) < 4.78 is 12.1. The zero-order valence-corrected chi connectivity index (χ0v) is 14.9. The normalized spacial score (nSPS) is 12.0. The Labute approximate surface area is 144 Å². The smallest absolute Gasteiger partial charge is 0.138 e. The summed E-state index contributed by atoms with van der Waals surface area (Å²) in [5.74, 6) is 1.44. The second-order valence-electron chi connectivity index (χ2n) is 5.19. The Kier molecular flexibility index (Phi) is 6.12. The van der Waals surface area contributed by atoms with Gasteiger partial charge in [0.2, 0.25) is 0 Å². The minimum absolute atomic E-state index is 0.114. The molecule has 0 saturated carbocycles. The summed E-state index contributed by atoms with van der Waals surface area (Å²) >= 11 is 9.54. The van der Waals surface area contributed by atoms with Crippen molar-refractivity contribution < 1.29 is 9.47 Å². The van der Waals surface area contributed by atoms with Crippen molar-refractivity contribution in [1.29, 1.82) is 0 Å². The molecule has 1 unspecified atom stereocenters. The van der Waals surface area contributed by atoms with Crippen LogP contribution in [0.15, 0.2) is 40.9 Å². The highest BCUT2D eigenvalue weighted by molar-refractivity contribution is 9.10. The van der Waals surface area contributed by atoms with E-state index in [-0.39, 0.29) is 6.04 Å². The van der Waals surface area contributed by atoms with Gasteiger partial charge in [-0.2, -0.15) is 0 Å². The number of ether oxygens (including phenoxy) is 2. The van der Waals surface area contributed by atoms with E-state index in [2.05, 4.69) is 22.0 Å². The molecule has 2 N–H and O–H groups in total. The third-order valence-electron chi connectivity index (χ3n) is 3.18. The molecule has 0 radical (unpaired) electrons. The lowest BCUT2D eigenvalue weighted by Gasteiger charge is -2.14. The van der Waals surface area contributed by atoms with Gasteiger partial charge >= 0.3 is 0 Å². The van der Waals surface area contributed by atoms with Gasteiger partial charge in [-0.1, -0.05) is 33.6 Å². The summed E-state index contributed by atoms with van der Waals surface area (Å²) in [6.07, 6.45) is 0.816. The Morgan fingerprint density at radius 1 is 1.18 bits per heavy atom. The van der Waals surface area contributed by atoms with Crippen LogP contribution >= 0.6 is 27.5 Å². The third-order valence-corrected chi connectivity index (χ3v) is 3.97. The highest BCUT2D eigenvalue weighted by Crippen LogP contribution is 2.29. The summed E-state index contributed by atoms with van der Waals surface area (Å²) in [6.45, 7) is 2.37. The lowest BCUT2D eigenvalue weighted by Crippen LogP contribution is -2.17. The Morgan fingerprint density at radius 3 is 2.55 bits per heavy atom. The van der Waals surface area contributed by atoms with Gasteiger partial charge in [0.15, 0.2) is 0 Å². The van der Waals surface area contributed by atoms with Gasteiger partial charge in [0.1, 0.15) is 18.1 Å². The maximum absolute atomic E-state index is 6.17. The van der Waals surface area contributed by atoms with Gasteiger partial charge in [-0.15, -0.1) is 0 Å². The van der Waals surface area contributed by atoms with Gasteiger partial charge in [0, 0.05) is 16.1 Å². The van der Waals surface area contributed by atoms with Gasteiger partial charge in [-0.25, -0.2) is 0 Å². The fourth-order valence-electron chi connectivity index (χ4n) is 2.19. The third kappa shape index (κ3) is 4.63. The van der Waals surface area contributed by atoms with Crippen LogP contribution in [0.25, 0.3) is 0 Å². The van der Waals surface area contributed by atoms with Crippen LogP contribution in [0.2, 0.25) is 5.02 Å². The average molecular weight is 385 g/mol. The number of halogens is 2. The van der Waals surface area contributed by atoms with E-state index in [0.717, 1.165) is 27.8 Å². The van der Waals surface area contributed by atoms with E-state index in [4.69, 9.17) is 26.8 Å². The molecule has 5 heteroatoms. The molecule has 0 amide bonds. The first-order valence-electron chi connectivity index (χ1n) is 6.99. The molecule has 0 fully saturated rings. The van der Waals surface area contributed by atoms with E-state index in [9.17, 15) is 0 Å². The van der Waals surface area contributed by atoms with Crippen molar-refractivity contribution in [2.45, 2.75) is 26.0 Å². The van der Waals surface area contributed by atoms with Crippen LogP contribution in [0.3, 0.4) is 0 Å². The number of nitrogens with two attached hydrogens (primary N) is 1. The zero-order valence-electron chi connectivity index (χ0n) is 12.6. The fraction of sp³-hybridized carbons (Fsp3) is 0.294. The number of benzene rings is 2. The summed E-state index contributed by atoms with van der Waals surface area (Å²) in [6, 6.07) is 11.7. The maximum Gasteiger partial charge on any atom is 0.138 e. The Hall–Kier alpha value is -1.23. The number of methoxy groups -OCH3 is 1. The van der Waals surface area contributed by atoms with Crippen molar-refractivity contribution in [1.82, 2.24) is 0 Å². The van der Waals surface area contributed by atoms with Crippen molar-refractivity contribution in [3.63, 3.8) is 0 Å². The molecule has 0 aliphatic rings. The predicted octanol–water partition coefficient (Wildman–Crippen LogP) is 4.58. The molecule has 0 saturated heterocycles.